The first-order valence-electron chi connectivity index (χ1n) is 2.71. The van der Waals surface area contributed by atoms with Crippen molar-refractivity contribution in [3.8, 4) is 0 Å². The molecule has 0 aliphatic carbocycles. The average molecular weight is 143 g/mol. The largest absolute Gasteiger partial charge is 0.389 e. The molecule has 0 saturated carbocycles. The number of ether oxygens (including phenoxy) is 1. The molecule has 0 amide bonds. The fraction of sp³-hybridized carbons (Fsp3) is 0.333. The predicted molar refractivity (Wildman–Crippen MR) is 34.9 cm³/mol. The van der Waals surface area contributed by atoms with Gasteiger partial charge in [0.25, 0.3) is 0 Å². The molecule has 1 atom stereocenters. The second kappa shape index (κ2) is 3.79. The van der Waals surface area contributed by atoms with E-state index in [2.05, 4.69) is 11.3 Å². The number of rotatable bonds is 2. The van der Waals surface area contributed by atoms with Crippen molar-refractivity contribution in [3.05, 3.63) is 12.7 Å². The van der Waals surface area contributed by atoms with E-state index in [0.29, 0.717) is 0 Å². The van der Waals surface area contributed by atoms with Crippen LogP contribution in [-0.4, -0.2) is 18.0 Å². The van der Waals surface area contributed by atoms with Gasteiger partial charge < -0.3 is 10.5 Å². The van der Waals surface area contributed by atoms with Crippen molar-refractivity contribution in [3.63, 3.8) is 0 Å². The van der Waals surface area contributed by atoms with Crippen LogP contribution in [0.4, 0.5) is 0 Å². The van der Waals surface area contributed by atoms with E-state index < -0.39 is 18.0 Å². The van der Waals surface area contributed by atoms with Gasteiger partial charge in [-0.15, -0.1) is 0 Å². The lowest BCUT2D eigenvalue weighted by molar-refractivity contribution is -0.156. The molecule has 0 aromatic carbocycles. The minimum absolute atomic E-state index is 0.745. The Balaban J connectivity index is 3.80. The molecule has 0 aromatic rings. The lowest BCUT2D eigenvalue weighted by Crippen LogP contribution is -2.30. The second-order valence-electron chi connectivity index (χ2n) is 1.73. The highest BCUT2D eigenvalue weighted by Crippen LogP contribution is 1.85. The third kappa shape index (κ3) is 2.99. The van der Waals surface area contributed by atoms with E-state index >= 15 is 0 Å². The van der Waals surface area contributed by atoms with E-state index in [0.717, 1.165) is 6.08 Å². The lowest BCUT2D eigenvalue weighted by Gasteiger charge is -2.00. The Morgan fingerprint density at radius 1 is 1.70 bits per heavy atom. The molecule has 0 saturated heterocycles. The Labute approximate surface area is 58.7 Å². The molecule has 0 rings (SSSR count). The molecule has 4 nitrogen and oxygen atoms in total. The molecule has 0 fully saturated rings. The number of hydrogen-bond donors (Lipinski definition) is 1. The van der Waals surface area contributed by atoms with Crippen LogP contribution in [0.15, 0.2) is 12.7 Å². The van der Waals surface area contributed by atoms with Crippen molar-refractivity contribution in [2.45, 2.75) is 13.0 Å². The lowest BCUT2D eigenvalue weighted by atomic mass is 10.4. The van der Waals surface area contributed by atoms with Crippen LogP contribution in [0.5, 0.6) is 0 Å². The average Bonchev–Trinajstić information content (AvgIpc) is 1.87. The van der Waals surface area contributed by atoms with E-state index in [9.17, 15) is 9.59 Å². The molecule has 0 aliphatic heterocycles. The minimum atomic E-state index is -0.776. The van der Waals surface area contributed by atoms with Crippen LogP contribution >= 0.6 is 0 Å². The normalized spacial score (nSPS) is 11.8. The van der Waals surface area contributed by atoms with Gasteiger partial charge in [-0.2, -0.15) is 0 Å². The highest BCUT2D eigenvalue weighted by Gasteiger charge is 2.11. The summed E-state index contributed by atoms with van der Waals surface area (Å²) in [7, 11) is 0. The number of carbonyl (C=O) groups excluding carboxylic acids is 2. The molecule has 0 heterocycles. The van der Waals surface area contributed by atoms with E-state index in [1.54, 1.807) is 0 Å². The summed E-state index contributed by atoms with van der Waals surface area (Å²) < 4.78 is 4.14. The topological polar surface area (TPSA) is 69.4 Å². The number of carbonyl (C=O) groups is 2. The van der Waals surface area contributed by atoms with Gasteiger partial charge in [0.15, 0.2) is 0 Å². The van der Waals surface area contributed by atoms with Gasteiger partial charge >= 0.3 is 11.9 Å². The summed E-state index contributed by atoms with van der Waals surface area (Å²) in [5.41, 5.74) is 5.08. The predicted octanol–water partition coefficient (Wildman–Crippen LogP) is -0.411. The highest BCUT2D eigenvalue weighted by molar-refractivity contribution is 5.93. The van der Waals surface area contributed by atoms with E-state index in [4.69, 9.17) is 5.73 Å². The Hall–Kier alpha value is -1.16. The zero-order valence-electron chi connectivity index (χ0n) is 5.66. The maximum absolute atomic E-state index is 10.5. The summed E-state index contributed by atoms with van der Waals surface area (Å²) in [5.74, 6) is -1.52. The molecule has 2 N–H and O–H groups in total. The van der Waals surface area contributed by atoms with E-state index in [1.807, 2.05) is 0 Å². The third-order valence-electron chi connectivity index (χ3n) is 0.740. The Morgan fingerprint density at radius 2 is 2.20 bits per heavy atom. The molecule has 4 heteroatoms. The van der Waals surface area contributed by atoms with Gasteiger partial charge in [0.05, 0.1) is 0 Å². The number of nitrogens with two attached hydrogens (primary N) is 1. The van der Waals surface area contributed by atoms with Crippen molar-refractivity contribution in [1.29, 1.82) is 0 Å². The molecule has 0 aromatic heterocycles. The van der Waals surface area contributed by atoms with Crippen LogP contribution in [0.25, 0.3) is 0 Å². The Morgan fingerprint density at radius 3 is 2.50 bits per heavy atom. The molecule has 56 valence electrons. The van der Waals surface area contributed by atoms with Crippen LogP contribution in [0.2, 0.25) is 0 Å². The van der Waals surface area contributed by atoms with Gasteiger partial charge in [0.1, 0.15) is 6.04 Å². The fourth-order valence-electron chi connectivity index (χ4n) is 0.234. The van der Waals surface area contributed by atoms with Gasteiger partial charge in [-0.1, -0.05) is 6.58 Å². The smallest absolute Gasteiger partial charge is 0.337 e. The summed E-state index contributed by atoms with van der Waals surface area (Å²) in [4.78, 5) is 20.8. The Bertz CT molecular complexity index is 162. The van der Waals surface area contributed by atoms with E-state index in [-0.39, 0.29) is 0 Å². The van der Waals surface area contributed by atoms with Gasteiger partial charge in [0.2, 0.25) is 0 Å². The summed E-state index contributed by atoms with van der Waals surface area (Å²) >= 11 is 0. The number of hydrogen-bond acceptors (Lipinski definition) is 4. The second-order valence-corrected chi connectivity index (χ2v) is 1.73. The monoisotopic (exact) mass is 143 g/mol. The van der Waals surface area contributed by atoms with Crippen LogP contribution < -0.4 is 5.73 Å². The van der Waals surface area contributed by atoms with Crippen LogP contribution in [0.3, 0.4) is 0 Å². The maximum Gasteiger partial charge on any atom is 0.337 e. The fourth-order valence-corrected chi connectivity index (χ4v) is 0.234. The van der Waals surface area contributed by atoms with Gasteiger partial charge in [0, 0.05) is 6.08 Å². The van der Waals surface area contributed by atoms with Gasteiger partial charge in [-0.05, 0) is 6.92 Å². The van der Waals surface area contributed by atoms with Crippen molar-refractivity contribution < 1.29 is 14.3 Å². The zero-order valence-corrected chi connectivity index (χ0v) is 5.66. The minimum Gasteiger partial charge on any atom is -0.389 e. The SMILES string of the molecule is C=CC(=O)OC(=O)[C@H](C)N. The van der Waals surface area contributed by atoms with E-state index in [1.165, 1.54) is 6.92 Å². The quantitative estimate of drug-likeness (QED) is 0.324. The summed E-state index contributed by atoms with van der Waals surface area (Å²) in [6, 6.07) is -0.774. The molecule has 10 heavy (non-hydrogen) atoms. The van der Waals surface area contributed by atoms with Crippen LogP contribution in [-0.2, 0) is 14.3 Å². The summed E-state index contributed by atoms with van der Waals surface area (Å²) in [6.07, 6.45) is 0.903. The van der Waals surface area contributed by atoms with Gasteiger partial charge in [-0.3, -0.25) is 0 Å². The first-order valence-corrected chi connectivity index (χ1v) is 2.71. The zero-order chi connectivity index (χ0) is 8.15. The molecular formula is C6H9NO3. The van der Waals surface area contributed by atoms with Gasteiger partial charge in [-0.25, -0.2) is 9.59 Å². The maximum atomic E-state index is 10.5. The molecule has 0 bridgehead atoms. The summed E-state index contributed by atoms with van der Waals surface area (Å²) in [5, 5.41) is 0. The molecule has 0 spiro atoms. The molecule has 0 aliphatic rings. The first kappa shape index (κ1) is 8.84. The number of esters is 2. The van der Waals surface area contributed by atoms with Crippen molar-refractivity contribution in [2.75, 3.05) is 0 Å². The van der Waals surface area contributed by atoms with Crippen molar-refractivity contribution >= 4 is 11.9 Å². The Kier molecular flexibility index (Phi) is 3.35. The van der Waals surface area contributed by atoms with Crippen LogP contribution in [0.1, 0.15) is 6.92 Å². The van der Waals surface area contributed by atoms with Crippen molar-refractivity contribution in [1.82, 2.24) is 0 Å². The standard InChI is InChI=1S/C6H9NO3/c1-3-5(8)10-6(9)4(2)7/h3-4H,1,7H2,2H3/t4-/m0/s1. The molecule has 0 radical (unpaired) electrons. The highest BCUT2D eigenvalue weighted by atomic mass is 16.6. The third-order valence-corrected chi connectivity index (χ3v) is 0.740. The van der Waals surface area contributed by atoms with Crippen molar-refractivity contribution in [2.24, 2.45) is 5.73 Å². The van der Waals surface area contributed by atoms with Crippen LogP contribution in [0, 0.1) is 0 Å². The summed E-state index contributed by atoms with van der Waals surface area (Å²) in [6.45, 7) is 4.53. The molecule has 0 unspecified atom stereocenters. The molecular weight excluding hydrogens is 134 g/mol. The first-order chi connectivity index (χ1) is 4.57.